The van der Waals surface area contributed by atoms with E-state index in [0.717, 1.165) is 6.42 Å². The number of hydrogen-bond acceptors (Lipinski definition) is 4. The molecular weight excluding hydrogens is 149 g/mol. The highest BCUT2D eigenvalue weighted by molar-refractivity contribution is 7.25. The Kier molecular flexibility index (Phi) is 3.98. The summed E-state index contributed by atoms with van der Waals surface area (Å²) in [6.07, 6.45) is 1.59. The molecule has 0 aliphatic rings. The van der Waals surface area contributed by atoms with Crippen molar-refractivity contribution in [2.45, 2.75) is 31.2 Å². The lowest BCUT2D eigenvalue weighted by atomic mass is 10.1. The fourth-order valence-electron chi connectivity index (χ4n) is 0.610. The van der Waals surface area contributed by atoms with E-state index in [-0.39, 0.29) is 8.46 Å². The predicted octanol–water partition coefficient (Wildman–Crippen LogP) is -0.0233. The van der Waals surface area contributed by atoms with E-state index >= 15 is 0 Å². The molecule has 0 amide bonds. The first kappa shape index (κ1) is 9.98. The van der Waals surface area contributed by atoms with Crippen LogP contribution in [-0.4, -0.2) is 11.4 Å². The Bertz CT molecular complexity index is 117. The average molecular weight is 163 g/mol. The maximum atomic E-state index is 10.3. The van der Waals surface area contributed by atoms with Crippen LogP contribution in [0.1, 0.15) is 19.8 Å². The van der Waals surface area contributed by atoms with Crippen molar-refractivity contribution in [2.75, 3.05) is 0 Å². The molecule has 0 aliphatic carbocycles. The maximum Gasteiger partial charge on any atom is 0.195 e. The van der Waals surface area contributed by atoms with Gasteiger partial charge in [0.15, 0.2) is 13.9 Å². The van der Waals surface area contributed by atoms with Crippen molar-refractivity contribution in [2.24, 2.45) is 17.2 Å². The molecule has 0 bridgehead atoms. The largest absolute Gasteiger partial charge is 0.324 e. The summed E-state index contributed by atoms with van der Waals surface area (Å²) in [4.78, 5) is 0. The van der Waals surface area contributed by atoms with E-state index in [9.17, 15) is 4.57 Å². The van der Waals surface area contributed by atoms with Gasteiger partial charge in [-0.25, -0.2) is 0 Å². The third-order valence-electron chi connectivity index (χ3n) is 1.35. The molecule has 5 heteroatoms. The summed E-state index contributed by atoms with van der Waals surface area (Å²) in [5.74, 6) is 0. The zero-order chi connectivity index (χ0) is 8.20. The quantitative estimate of drug-likeness (QED) is 0.400. The van der Waals surface area contributed by atoms with Crippen LogP contribution in [0.3, 0.4) is 0 Å². The van der Waals surface area contributed by atoms with Crippen LogP contribution in [0.25, 0.3) is 0 Å². The lowest BCUT2D eigenvalue weighted by Crippen LogP contribution is -2.57. The first-order valence-electron chi connectivity index (χ1n) is 3.22. The Balaban J connectivity index is 3.90. The third-order valence-corrected chi connectivity index (χ3v) is 2.00. The number of rotatable bonds is 4. The number of hydrogen-bond donors (Lipinski definition) is 3. The second-order valence-electron chi connectivity index (χ2n) is 2.37. The fraction of sp³-hybridized carbons (Fsp3) is 1.00. The predicted molar refractivity (Wildman–Crippen MR) is 41.6 cm³/mol. The summed E-state index contributed by atoms with van der Waals surface area (Å²) in [5, 5.41) is -1.25. The van der Waals surface area contributed by atoms with Crippen LogP contribution in [0.2, 0.25) is 0 Å². The Morgan fingerprint density at radius 1 is 1.60 bits per heavy atom. The van der Waals surface area contributed by atoms with Gasteiger partial charge in [0.1, 0.15) is 0 Å². The molecule has 60 valence electrons. The van der Waals surface area contributed by atoms with Gasteiger partial charge >= 0.3 is 0 Å². The Morgan fingerprint density at radius 3 is 2.40 bits per heavy atom. The standard InChI is InChI=1S/C5H14N3OP/c1-2-3-4(6)5(7,8)10-9/h4H,2-3,6-8H2,1H3. The molecule has 0 aromatic carbocycles. The molecule has 0 aliphatic heterocycles. The summed E-state index contributed by atoms with van der Waals surface area (Å²) in [6.45, 7) is 1.97. The second kappa shape index (κ2) is 3.98. The van der Waals surface area contributed by atoms with Gasteiger partial charge in [-0.1, -0.05) is 13.3 Å². The highest BCUT2D eigenvalue weighted by Crippen LogP contribution is 2.15. The molecule has 0 saturated carbocycles. The molecule has 1 atom stereocenters. The zero-order valence-electron chi connectivity index (χ0n) is 6.08. The van der Waals surface area contributed by atoms with E-state index in [1.807, 2.05) is 6.92 Å². The van der Waals surface area contributed by atoms with Crippen molar-refractivity contribution >= 4 is 8.46 Å². The lowest BCUT2D eigenvalue weighted by Gasteiger charge is -2.23. The topological polar surface area (TPSA) is 95.1 Å². The maximum absolute atomic E-state index is 10.3. The molecule has 0 heterocycles. The third kappa shape index (κ3) is 2.71. The van der Waals surface area contributed by atoms with Gasteiger partial charge in [-0.15, -0.1) is 0 Å². The van der Waals surface area contributed by atoms with Gasteiger partial charge in [0.05, 0.1) is 0 Å². The molecule has 6 N–H and O–H groups in total. The van der Waals surface area contributed by atoms with Crippen LogP contribution in [0.5, 0.6) is 0 Å². The van der Waals surface area contributed by atoms with Crippen LogP contribution < -0.4 is 17.2 Å². The van der Waals surface area contributed by atoms with Crippen molar-refractivity contribution < 1.29 is 4.57 Å². The van der Waals surface area contributed by atoms with E-state index in [1.165, 1.54) is 0 Å². The normalized spacial score (nSPS) is 15.6. The van der Waals surface area contributed by atoms with Crippen molar-refractivity contribution in [1.29, 1.82) is 0 Å². The zero-order valence-corrected chi connectivity index (χ0v) is 6.97. The monoisotopic (exact) mass is 163 g/mol. The summed E-state index contributed by atoms with van der Waals surface area (Å²) in [5.41, 5.74) is 16.3. The summed E-state index contributed by atoms with van der Waals surface area (Å²) >= 11 is 0. The first-order valence-corrected chi connectivity index (χ1v) is 4.03. The highest BCUT2D eigenvalue weighted by Gasteiger charge is 2.27. The van der Waals surface area contributed by atoms with Crippen molar-refractivity contribution in [3.63, 3.8) is 0 Å². The second-order valence-corrected chi connectivity index (χ2v) is 3.33. The minimum atomic E-state index is -1.25. The molecule has 4 nitrogen and oxygen atoms in total. The lowest BCUT2D eigenvalue weighted by molar-refractivity contribution is 0.443. The van der Waals surface area contributed by atoms with Crippen LogP contribution in [0, 0.1) is 0 Å². The SMILES string of the molecule is CCCC(N)C(N)(N)P=O. The van der Waals surface area contributed by atoms with Gasteiger partial charge in [-0.2, -0.15) is 0 Å². The van der Waals surface area contributed by atoms with Gasteiger partial charge < -0.3 is 17.2 Å². The van der Waals surface area contributed by atoms with Crippen LogP contribution >= 0.6 is 8.46 Å². The number of nitrogens with two attached hydrogens (primary N) is 3. The molecule has 0 fully saturated rings. The first-order chi connectivity index (χ1) is 4.54. The Labute approximate surface area is 62.3 Å². The van der Waals surface area contributed by atoms with E-state index in [1.54, 1.807) is 0 Å². The van der Waals surface area contributed by atoms with Crippen molar-refractivity contribution in [3.05, 3.63) is 0 Å². The molecule has 0 aromatic heterocycles. The summed E-state index contributed by atoms with van der Waals surface area (Å²) in [7, 11) is -0.295. The minimum absolute atomic E-state index is 0.295. The molecule has 1 unspecified atom stereocenters. The van der Waals surface area contributed by atoms with Gasteiger partial charge in [-0.3, -0.25) is 4.57 Å². The van der Waals surface area contributed by atoms with Crippen LogP contribution in [0.4, 0.5) is 0 Å². The van der Waals surface area contributed by atoms with Crippen molar-refractivity contribution in [3.8, 4) is 0 Å². The molecule has 0 radical (unpaired) electrons. The Hall–Kier alpha value is -0.0200. The highest BCUT2D eigenvalue weighted by atomic mass is 31.1. The van der Waals surface area contributed by atoms with Gasteiger partial charge in [-0.05, 0) is 6.42 Å². The molecule has 0 saturated heterocycles. The van der Waals surface area contributed by atoms with Gasteiger partial charge in [0.2, 0.25) is 0 Å². The van der Waals surface area contributed by atoms with E-state index in [0.29, 0.717) is 6.42 Å². The summed E-state index contributed by atoms with van der Waals surface area (Å²) < 4.78 is 10.3. The smallest absolute Gasteiger partial charge is 0.195 e. The molecule has 10 heavy (non-hydrogen) atoms. The van der Waals surface area contributed by atoms with E-state index in [2.05, 4.69) is 0 Å². The van der Waals surface area contributed by atoms with Gasteiger partial charge in [0.25, 0.3) is 0 Å². The van der Waals surface area contributed by atoms with Crippen LogP contribution in [-0.2, 0) is 4.57 Å². The molecule has 0 aromatic rings. The molecule has 0 spiro atoms. The molecular formula is C5H14N3OP. The summed E-state index contributed by atoms with van der Waals surface area (Å²) in [6, 6.07) is -0.392. The van der Waals surface area contributed by atoms with E-state index < -0.39 is 11.4 Å². The Morgan fingerprint density at radius 2 is 2.10 bits per heavy atom. The van der Waals surface area contributed by atoms with Crippen LogP contribution in [0.15, 0.2) is 0 Å². The van der Waals surface area contributed by atoms with Gasteiger partial charge in [0, 0.05) is 6.04 Å². The molecule has 0 rings (SSSR count). The minimum Gasteiger partial charge on any atom is -0.324 e. The average Bonchev–Trinajstić information content (AvgIpc) is 1.89. The van der Waals surface area contributed by atoms with E-state index in [4.69, 9.17) is 17.2 Å². The fourth-order valence-corrected chi connectivity index (χ4v) is 0.874. The van der Waals surface area contributed by atoms with Crippen molar-refractivity contribution in [1.82, 2.24) is 0 Å².